The lowest BCUT2D eigenvalue weighted by atomic mass is 10.1. The number of ether oxygens (including phenoxy) is 2. The number of hydrogen-bond acceptors (Lipinski definition) is 4. The predicted molar refractivity (Wildman–Crippen MR) is 102 cm³/mol. The van der Waals surface area contributed by atoms with Crippen molar-refractivity contribution in [2.75, 3.05) is 19.5 Å². The van der Waals surface area contributed by atoms with Gasteiger partial charge in [0.25, 0.3) is 0 Å². The first-order valence-electron chi connectivity index (χ1n) is 7.43. The number of aryl methyl sites for hydroxylation is 2. The monoisotopic (exact) mass is 343 g/mol. The Kier molecular flexibility index (Phi) is 6.14. The maximum absolute atomic E-state index is 5.26. The van der Waals surface area contributed by atoms with E-state index in [9.17, 15) is 0 Å². The highest BCUT2D eigenvalue weighted by molar-refractivity contribution is 7.80. The van der Waals surface area contributed by atoms with Gasteiger partial charge in [-0.1, -0.05) is 17.7 Å². The summed E-state index contributed by atoms with van der Waals surface area (Å²) in [7, 11) is 3.20. The zero-order valence-electron chi connectivity index (χ0n) is 14.2. The molecule has 24 heavy (non-hydrogen) atoms. The summed E-state index contributed by atoms with van der Waals surface area (Å²) in [6.07, 6.45) is 1.66. The Bertz CT molecular complexity index is 760. The molecule has 5 nitrogen and oxygen atoms in total. The quantitative estimate of drug-likeness (QED) is 0.493. The highest BCUT2D eigenvalue weighted by atomic mass is 32.1. The van der Waals surface area contributed by atoms with Crippen molar-refractivity contribution >= 4 is 29.2 Å². The molecule has 2 rings (SSSR count). The van der Waals surface area contributed by atoms with Crippen molar-refractivity contribution in [3.8, 4) is 11.5 Å². The van der Waals surface area contributed by atoms with E-state index in [1.165, 1.54) is 5.56 Å². The molecule has 0 fully saturated rings. The van der Waals surface area contributed by atoms with E-state index in [1.54, 1.807) is 20.4 Å². The standard InChI is InChI=1S/C18H21N3O2S/c1-12-5-7-15(13(2)9-12)20-18(24)21-19-11-14-6-8-16(22-3)17(10-14)23-4/h5-11H,1-4H3,(H2,20,21,24). The zero-order valence-corrected chi connectivity index (χ0v) is 15.0. The Hall–Kier alpha value is -2.60. The smallest absolute Gasteiger partial charge is 0.191 e. The fraction of sp³-hybridized carbons (Fsp3) is 0.222. The molecule has 0 aliphatic heterocycles. The highest BCUT2D eigenvalue weighted by Gasteiger charge is 2.03. The predicted octanol–water partition coefficient (Wildman–Crippen LogP) is 3.64. The molecule has 0 aromatic heterocycles. The summed E-state index contributed by atoms with van der Waals surface area (Å²) in [5, 5.41) is 7.70. The van der Waals surface area contributed by atoms with E-state index in [4.69, 9.17) is 21.7 Å². The molecule has 0 aliphatic rings. The van der Waals surface area contributed by atoms with Gasteiger partial charge in [-0.15, -0.1) is 0 Å². The molecule has 126 valence electrons. The van der Waals surface area contributed by atoms with Gasteiger partial charge in [-0.25, -0.2) is 0 Å². The number of thiocarbonyl (C=S) groups is 1. The number of nitrogens with zero attached hydrogens (tertiary/aromatic N) is 1. The summed E-state index contributed by atoms with van der Waals surface area (Å²) >= 11 is 5.25. The number of rotatable bonds is 5. The van der Waals surface area contributed by atoms with Crippen LogP contribution in [0.2, 0.25) is 0 Å². The molecule has 0 atom stereocenters. The van der Waals surface area contributed by atoms with Gasteiger partial charge < -0.3 is 14.8 Å². The van der Waals surface area contributed by atoms with Crippen molar-refractivity contribution < 1.29 is 9.47 Å². The Balaban J connectivity index is 1.97. The maximum Gasteiger partial charge on any atom is 0.191 e. The van der Waals surface area contributed by atoms with E-state index in [-0.39, 0.29) is 0 Å². The van der Waals surface area contributed by atoms with Crippen LogP contribution in [0.3, 0.4) is 0 Å². The molecule has 0 saturated carbocycles. The second kappa shape index (κ2) is 8.31. The second-order valence-electron chi connectivity index (χ2n) is 5.26. The van der Waals surface area contributed by atoms with E-state index < -0.39 is 0 Å². The van der Waals surface area contributed by atoms with Crippen LogP contribution in [0.15, 0.2) is 41.5 Å². The van der Waals surface area contributed by atoms with Gasteiger partial charge in [0.2, 0.25) is 0 Å². The van der Waals surface area contributed by atoms with Crippen LogP contribution in [0.1, 0.15) is 16.7 Å². The Morgan fingerprint density at radius 2 is 1.79 bits per heavy atom. The van der Waals surface area contributed by atoms with Crippen molar-refractivity contribution in [1.29, 1.82) is 0 Å². The number of benzene rings is 2. The minimum absolute atomic E-state index is 0.429. The van der Waals surface area contributed by atoms with Gasteiger partial charge in [0.1, 0.15) is 0 Å². The van der Waals surface area contributed by atoms with Crippen LogP contribution in [0.5, 0.6) is 11.5 Å². The maximum atomic E-state index is 5.26. The van der Waals surface area contributed by atoms with E-state index in [1.807, 2.05) is 37.3 Å². The van der Waals surface area contributed by atoms with E-state index >= 15 is 0 Å². The summed E-state index contributed by atoms with van der Waals surface area (Å²) in [4.78, 5) is 0. The molecule has 0 radical (unpaired) electrons. The molecule has 0 aliphatic carbocycles. The lowest BCUT2D eigenvalue weighted by Gasteiger charge is -2.10. The molecule has 0 saturated heterocycles. The average Bonchev–Trinajstić information content (AvgIpc) is 2.57. The minimum Gasteiger partial charge on any atom is -0.493 e. The molecule has 0 bridgehead atoms. The topological polar surface area (TPSA) is 54.9 Å². The van der Waals surface area contributed by atoms with Crippen molar-refractivity contribution in [2.24, 2.45) is 5.10 Å². The molecule has 0 unspecified atom stereocenters. The number of hydrazone groups is 1. The highest BCUT2D eigenvalue weighted by Crippen LogP contribution is 2.26. The van der Waals surface area contributed by atoms with Crippen LogP contribution in [0, 0.1) is 13.8 Å². The number of hydrogen-bond donors (Lipinski definition) is 2. The van der Waals surface area contributed by atoms with Crippen LogP contribution in [0.4, 0.5) is 5.69 Å². The van der Waals surface area contributed by atoms with Gasteiger partial charge in [0.05, 0.1) is 20.4 Å². The summed E-state index contributed by atoms with van der Waals surface area (Å²) in [6, 6.07) is 11.7. The zero-order chi connectivity index (χ0) is 17.5. The van der Waals surface area contributed by atoms with Crippen LogP contribution in [-0.4, -0.2) is 25.5 Å². The fourth-order valence-corrected chi connectivity index (χ4v) is 2.37. The lowest BCUT2D eigenvalue weighted by Crippen LogP contribution is -2.24. The molecule has 0 heterocycles. The van der Waals surface area contributed by atoms with Crippen LogP contribution >= 0.6 is 12.2 Å². The van der Waals surface area contributed by atoms with Crippen LogP contribution in [0.25, 0.3) is 0 Å². The van der Waals surface area contributed by atoms with Crippen molar-refractivity contribution in [2.45, 2.75) is 13.8 Å². The van der Waals surface area contributed by atoms with Gasteiger partial charge in [0.15, 0.2) is 16.6 Å². The summed E-state index contributed by atoms with van der Waals surface area (Å²) < 4.78 is 10.5. The minimum atomic E-state index is 0.429. The van der Waals surface area contributed by atoms with E-state index in [0.29, 0.717) is 16.6 Å². The third kappa shape index (κ3) is 4.70. The third-order valence-corrected chi connectivity index (χ3v) is 3.61. The van der Waals surface area contributed by atoms with Crippen molar-refractivity contribution in [3.63, 3.8) is 0 Å². The molecular formula is C18H21N3O2S. The number of anilines is 1. The van der Waals surface area contributed by atoms with Gasteiger partial charge in [-0.2, -0.15) is 5.10 Å². The summed E-state index contributed by atoms with van der Waals surface area (Å²) in [5.74, 6) is 1.33. The number of nitrogens with one attached hydrogen (secondary N) is 2. The van der Waals surface area contributed by atoms with Crippen molar-refractivity contribution in [1.82, 2.24) is 5.43 Å². The first kappa shape index (κ1) is 17.7. The molecule has 2 aromatic carbocycles. The van der Waals surface area contributed by atoms with Crippen molar-refractivity contribution in [3.05, 3.63) is 53.1 Å². The molecular weight excluding hydrogens is 322 g/mol. The van der Waals surface area contributed by atoms with Crippen LogP contribution < -0.4 is 20.2 Å². The normalized spacial score (nSPS) is 10.5. The van der Waals surface area contributed by atoms with E-state index in [2.05, 4.69) is 28.8 Å². The molecule has 0 spiro atoms. The lowest BCUT2D eigenvalue weighted by molar-refractivity contribution is 0.355. The Labute approximate surface area is 147 Å². The van der Waals surface area contributed by atoms with Gasteiger partial charge >= 0.3 is 0 Å². The van der Waals surface area contributed by atoms with Crippen LogP contribution in [-0.2, 0) is 0 Å². The van der Waals surface area contributed by atoms with Gasteiger partial charge in [-0.3, -0.25) is 5.43 Å². The number of methoxy groups -OCH3 is 2. The largest absolute Gasteiger partial charge is 0.493 e. The molecule has 0 amide bonds. The Morgan fingerprint density at radius 3 is 2.46 bits per heavy atom. The molecule has 6 heteroatoms. The fourth-order valence-electron chi connectivity index (χ4n) is 2.20. The molecule has 2 aromatic rings. The second-order valence-corrected chi connectivity index (χ2v) is 5.67. The first-order chi connectivity index (χ1) is 11.5. The van der Waals surface area contributed by atoms with Gasteiger partial charge in [0, 0.05) is 5.69 Å². The average molecular weight is 343 g/mol. The SMILES string of the molecule is COc1ccc(C=NNC(=S)Nc2ccc(C)cc2C)cc1OC. The Morgan fingerprint density at radius 1 is 1.04 bits per heavy atom. The molecule has 2 N–H and O–H groups in total. The van der Waals surface area contributed by atoms with E-state index in [0.717, 1.165) is 16.8 Å². The summed E-state index contributed by atoms with van der Waals surface area (Å²) in [5.41, 5.74) is 6.97. The first-order valence-corrected chi connectivity index (χ1v) is 7.83. The van der Waals surface area contributed by atoms with Gasteiger partial charge in [-0.05, 0) is 61.5 Å². The third-order valence-electron chi connectivity index (χ3n) is 3.42. The summed E-state index contributed by atoms with van der Waals surface area (Å²) in [6.45, 7) is 4.09.